The molecule has 69 valence electrons. The predicted molar refractivity (Wildman–Crippen MR) is 49.8 cm³/mol. The van der Waals surface area contributed by atoms with Crippen LogP contribution in [0.25, 0.3) is 0 Å². The maximum Gasteiger partial charge on any atom is 0.0844 e. The van der Waals surface area contributed by atoms with E-state index >= 15 is 0 Å². The quantitative estimate of drug-likeness (QED) is 0.589. The molecule has 0 spiro atoms. The average Bonchev–Trinajstić information content (AvgIpc) is 2.84. The van der Waals surface area contributed by atoms with Crippen molar-refractivity contribution in [2.75, 3.05) is 0 Å². The van der Waals surface area contributed by atoms with Crippen molar-refractivity contribution in [3.05, 3.63) is 6.92 Å². The van der Waals surface area contributed by atoms with Gasteiger partial charge in [0.2, 0.25) is 0 Å². The second kappa shape index (κ2) is 3.37. The third kappa shape index (κ3) is 1.52. The van der Waals surface area contributed by atoms with E-state index in [4.69, 9.17) is 4.74 Å². The topological polar surface area (TPSA) is 12.5 Å². The van der Waals surface area contributed by atoms with E-state index in [0.29, 0.717) is 12.2 Å². The zero-order chi connectivity index (χ0) is 8.55. The number of hydrogen-bond donors (Lipinski definition) is 0. The van der Waals surface area contributed by atoms with Gasteiger partial charge in [-0.2, -0.15) is 0 Å². The molecular formula is C11H19O. The van der Waals surface area contributed by atoms with Crippen LogP contribution in [0.1, 0.15) is 39.0 Å². The van der Waals surface area contributed by atoms with Gasteiger partial charge in [-0.05, 0) is 31.1 Å². The van der Waals surface area contributed by atoms with Crippen LogP contribution in [-0.4, -0.2) is 12.2 Å². The summed E-state index contributed by atoms with van der Waals surface area (Å²) < 4.78 is 5.53. The molecule has 1 aliphatic carbocycles. The summed E-state index contributed by atoms with van der Waals surface area (Å²) in [7, 11) is 0. The Balaban J connectivity index is 1.85. The Morgan fingerprint density at radius 1 is 1.42 bits per heavy atom. The zero-order valence-corrected chi connectivity index (χ0v) is 7.96. The summed E-state index contributed by atoms with van der Waals surface area (Å²) in [4.78, 5) is 0. The number of ether oxygens (including phenoxy) is 1. The van der Waals surface area contributed by atoms with Gasteiger partial charge >= 0.3 is 0 Å². The minimum Gasteiger partial charge on any atom is -0.370 e. The van der Waals surface area contributed by atoms with Gasteiger partial charge in [0, 0.05) is 0 Å². The highest BCUT2D eigenvalue weighted by Gasteiger charge is 2.44. The fourth-order valence-corrected chi connectivity index (χ4v) is 2.64. The van der Waals surface area contributed by atoms with Gasteiger partial charge in [-0.25, -0.2) is 0 Å². The zero-order valence-electron chi connectivity index (χ0n) is 7.96. The first-order valence-electron chi connectivity index (χ1n) is 5.29. The largest absolute Gasteiger partial charge is 0.370 e. The molecular weight excluding hydrogens is 148 g/mol. The van der Waals surface area contributed by atoms with Crippen molar-refractivity contribution in [2.45, 2.75) is 51.2 Å². The molecule has 0 amide bonds. The third-order valence-corrected chi connectivity index (χ3v) is 3.61. The number of fused-ring (bicyclic) bond motifs is 1. The second-order valence-corrected chi connectivity index (χ2v) is 4.24. The Morgan fingerprint density at radius 2 is 2.25 bits per heavy atom. The molecule has 1 radical (unpaired) electrons. The van der Waals surface area contributed by atoms with E-state index in [9.17, 15) is 0 Å². The molecule has 12 heavy (non-hydrogen) atoms. The van der Waals surface area contributed by atoms with Crippen LogP contribution in [-0.2, 0) is 4.74 Å². The Morgan fingerprint density at radius 3 is 2.83 bits per heavy atom. The van der Waals surface area contributed by atoms with Crippen LogP contribution in [0.5, 0.6) is 0 Å². The van der Waals surface area contributed by atoms with E-state index in [1.54, 1.807) is 0 Å². The Hall–Kier alpha value is -0.0400. The van der Waals surface area contributed by atoms with E-state index in [1.165, 1.54) is 25.7 Å². The lowest BCUT2D eigenvalue weighted by molar-refractivity contribution is 0.257. The van der Waals surface area contributed by atoms with Gasteiger partial charge in [0.1, 0.15) is 0 Å². The molecule has 1 saturated carbocycles. The van der Waals surface area contributed by atoms with Crippen molar-refractivity contribution in [3.63, 3.8) is 0 Å². The van der Waals surface area contributed by atoms with Crippen LogP contribution in [0.2, 0.25) is 0 Å². The van der Waals surface area contributed by atoms with Gasteiger partial charge in [0.15, 0.2) is 0 Å². The van der Waals surface area contributed by atoms with E-state index in [0.717, 1.165) is 18.3 Å². The summed E-state index contributed by atoms with van der Waals surface area (Å²) in [5.74, 6) is 1.77. The van der Waals surface area contributed by atoms with Crippen molar-refractivity contribution in [1.29, 1.82) is 0 Å². The van der Waals surface area contributed by atoms with Crippen molar-refractivity contribution in [3.8, 4) is 0 Å². The van der Waals surface area contributed by atoms with Crippen LogP contribution >= 0.6 is 0 Å². The average molecular weight is 167 g/mol. The van der Waals surface area contributed by atoms with Crippen molar-refractivity contribution in [1.82, 2.24) is 0 Å². The normalized spacial score (nSPS) is 39.8. The fourth-order valence-electron chi connectivity index (χ4n) is 2.64. The first kappa shape index (κ1) is 8.55. The molecule has 2 rings (SSSR count). The third-order valence-electron chi connectivity index (χ3n) is 3.61. The van der Waals surface area contributed by atoms with Gasteiger partial charge in [0.25, 0.3) is 0 Å². The highest BCUT2D eigenvalue weighted by atomic mass is 16.6. The van der Waals surface area contributed by atoms with E-state index < -0.39 is 0 Å². The van der Waals surface area contributed by atoms with Crippen molar-refractivity contribution in [2.24, 2.45) is 11.8 Å². The molecule has 2 aliphatic rings. The van der Waals surface area contributed by atoms with Crippen LogP contribution < -0.4 is 0 Å². The summed E-state index contributed by atoms with van der Waals surface area (Å²) in [5.41, 5.74) is 0. The number of rotatable bonds is 3. The van der Waals surface area contributed by atoms with E-state index in [1.807, 2.05) is 0 Å². The maximum absolute atomic E-state index is 5.53. The molecule has 0 aromatic carbocycles. The van der Waals surface area contributed by atoms with Gasteiger partial charge in [-0.3, -0.25) is 0 Å². The Labute approximate surface area is 75.5 Å². The minimum absolute atomic E-state index is 0.643. The van der Waals surface area contributed by atoms with Crippen LogP contribution in [0.15, 0.2) is 0 Å². The first-order valence-corrected chi connectivity index (χ1v) is 5.29. The lowest BCUT2D eigenvalue weighted by Gasteiger charge is -2.26. The summed E-state index contributed by atoms with van der Waals surface area (Å²) in [6, 6.07) is 0. The van der Waals surface area contributed by atoms with Gasteiger partial charge < -0.3 is 4.74 Å². The van der Waals surface area contributed by atoms with Gasteiger partial charge in [0.05, 0.1) is 12.2 Å². The highest BCUT2D eigenvalue weighted by molar-refractivity contribution is 4.93. The molecule has 4 atom stereocenters. The highest BCUT2D eigenvalue weighted by Crippen LogP contribution is 2.43. The van der Waals surface area contributed by atoms with Gasteiger partial charge in [-0.15, -0.1) is 0 Å². The molecule has 4 unspecified atom stereocenters. The smallest absolute Gasteiger partial charge is 0.0844 e. The van der Waals surface area contributed by atoms with E-state index in [2.05, 4.69) is 13.8 Å². The minimum atomic E-state index is 0.643. The summed E-state index contributed by atoms with van der Waals surface area (Å²) in [5, 5.41) is 0. The monoisotopic (exact) mass is 167 g/mol. The summed E-state index contributed by atoms with van der Waals surface area (Å²) >= 11 is 0. The molecule has 1 saturated heterocycles. The molecule has 1 heterocycles. The molecule has 1 nitrogen and oxygen atoms in total. The maximum atomic E-state index is 5.53. The molecule has 0 aromatic heterocycles. The standard InChI is InChI=1S/C11H19O/c1-3-8(4-2)9-5-6-10-11(7-9)12-10/h8-11H,1,3-7H2,2H3. The summed E-state index contributed by atoms with van der Waals surface area (Å²) in [6.45, 7) is 6.32. The lowest BCUT2D eigenvalue weighted by Crippen LogP contribution is -2.20. The molecule has 0 bridgehead atoms. The van der Waals surface area contributed by atoms with Crippen LogP contribution in [0, 0.1) is 18.8 Å². The SMILES string of the molecule is [CH2]CC(CC)C1CCC2OC2C1. The van der Waals surface area contributed by atoms with Crippen LogP contribution in [0.3, 0.4) is 0 Å². The number of hydrogen-bond acceptors (Lipinski definition) is 1. The van der Waals surface area contributed by atoms with Crippen molar-refractivity contribution < 1.29 is 4.74 Å². The first-order chi connectivity index (χ1) is 5.85. The molecule has 1 heteroatoms. The molecule has 1 aliphatic heterocycles. The van der Waals surface area contributed by atoms with Crippen LogP contribution in [0.4, 0.5) is 0 Å². The molecule has 0 aromatic rings. The number of epoxide rings is 1. The van der Waals surface area contributed by atoms with Gasteiger partial charge in [-0.1, -0.05) is 26.7 Å². The van der Waals surface area contributed by atoms with Crippen molar-refractivity contribution >= 4 is 0 Å². The lowest BCUT2D eigenvalue weighted by atomic mass is 9.78. The molecule has 0 N–H and O–H groups in total. The summed E-state index contributed by atoms with van der Waals surface area (Å²) in [6.07, 6.45) is 7.72. The fraction of sp³-hybridized carbons (Fsp3) is 0.909. The predicted octanol–water partition coefficient (Wildman–Crippen LogP) is 2.80. The van der Waals surface area contributed by atoms with E-state index in [-0.39, 0.29) is 0 Å². The Kier molecular flexibility index (Phi) is 2.40. The molecule has 2 fully saturated rings. The Bertz CT molecular complexity index is 151. The second-order valence-electron chi connectivity index (χ2n) is 4.24.